The van der Waals surface area contributed by atoms with Crippen LogP contribution >= 0.6 is 0 Å². The molecule has 0 amide bonds. The highest BCUT2D eigenvalue weighted by Crippen LogP contribution is 2.25. The van der Waals surface area contributed by atoms with Crippen molar-refractivity contribution in [3.8, 4) is 23.0 Å². The smallest absolute Gasteiger partial charge is 0.130 e. The van der Waals surface area contributed by atoms with Crippen LogP contribution < -0.4 is 9.47 Å². The van der Waals surface area contributed by atoms with E-state index in [9.17, 15) is 8.78 Å². The van der Waals surface area contributed by atoms with Crippen LogP contribution in [0.5, 0.6) is 23.0 Å². The molecule has 0 aliphatic rings. The molecule has 4 aromatic carbocycles. The summed E-state index contributed by atoms with van der Waals surface area (Å²) in [5.41, 5.74) is 3.26. The molecule has 34 heavy (non-hydrogen) atoms. The van der Waals surface area contributed by atoms with E-state index in [1.165, 1.54) is 12.1 Å². The summed E-state index contributed by atoms with van der Waals surface area (Å²) in [6, 6.07) is 24.6. The van der Waals surface area contributed by atoms with Gasteiger partial charge in [0.25, 0.3) is 0 Å². The summed E-state index contributed by atoms with van der Waals surface area (Å²) in [6.07, 6.45) is 3.52. The Balaban J connectivity index is 0.000000191. The lowest BCUT2D eigenvalue weighted by Crippen LogP contribution is -1.87. The van der Waals surface area contributed by atoms with Gasteiger partial charge in [-0.25, -0.2) is 8.78 Å². The maximum atomic E-state index is 13.3. The molecule has 0 bridgehead atoms. The third-order valence-corrected chi connectivity index (χ3v) is 4.99. The number of ether oxygens (including phenoxy) is 2. The first kappa shape index (κ1) is 24.5. The van der Waals surface area contributed by atoms with E-state index in [0.29, 0.717) is 34.1 Å². The quantitative estimate of drug-likeness (QED) is 0.288. The maximum absolute atomic E-state index is 13.3. The Bertz CT molecular complexity index is 1160. The predicted molar refractivity (Wildman–Crippen MR) is 135 cm³/mol. The van der Waals surface area contributed by atoms with Crippen molar-refractivity contribution >= 4 is 12.2 Å². The van der Waals surface area contributed by atoms with E-state index in [1.54, 1.807) is 50.3 Å². The van der Waals surface area contributed by atoms with Gasteiger partial charge in [-0.1, -0.05) is 61.7 Å². The fourth-order valence-corrected chi connectivity index (χ4v) is 2.89. The molecule has 0 N–H and O–H groups in total. The standard InChI is InChI=1S/2C15H13FO/c2*1-3-12-5-8-13(9-6-12)17-14-7-4-11(2)15(16)10-14/h2*3-10H,1H2,2H3. The zero-order valence-electron chi connectivity index (χ0n) is 19.2. The summed E-state index contributed by atoms with van der Waals surface area (Å²) < 4.78 is 37.7. The van der Waals surface area contributed by atoms with Crippen LogP contribution in [0.25, 0.3) is 12.2 Å². The number of rotatable bonds is 6. The second-order valence-electron chi connectivity index (χ2n) is 7.57. The molecule has 4 heteroatoms. The minimum Gasteiger partial charge on any atom is -0.457 e. The van der Waals surface area contributed by atoms with E-state index >= 15 is 0 Å². The Morgan fingerprint density at radius 3 is 1.15 bits per heavy atom. The van der Waals surface area contributed by atoms with E-state index in [1.807, 2.05) is 48.5 Å². The molecule has 0 spiro atoms. The first-order valence-corrected chi connectivity index (χ1v) is 10.7. The van der Waals surface area contributed by atoms with E-state index in [-0.39, 0.29) is 11.6 Å². The van der Waals surface area contributed by atoms with Crippen LogP contribution in [-0.2, 0) is 0 Å². The summed E-state index contributed by atoms with van der Waals surface area (Å²) >= 11 is 0. The van der Waals surface area contributed by atoms with Gasteiger partial charge in [-0.15, -0.1) is 0 Å². The van der Waals surface area contributed by atoms with Gasteiger partial charge in [0.05, 0.1) is 0 Å². The highest BCUT2D eigenvalue weighted by molar-refractivity contribution is 5.49. The fourth-order valence-electron chi connectivity index (χ4n) is 2.89. The van der Waals surface area contributed by atoms with Crippen LogP contribution in [-0.4, -0.2) is 0 Å². The van der Waals surface area contributed by atoms with Crippen molar-refractivity contribution < 1.29 is 18.3 Å². The topological polar surface area (TPSA) is 18.5 Å². The van der Waals surface area contributed by atoms with Gasteiger partial charge >= 0.3 is 0 Å². The molecule has 172 valence electrons. The molecule has 4 rings (SSSR count). The number of benzene rings is 4. The Hall–Kier alpha value is -4.18. The normalized spacial score (nSPS) is 10.0. The predicted octanol–water partition coefficient (Wildman–Crippen LogP) is 9.14. The van der Waals surface area contributed by atoms with Gasteiger partial charge in [0.15, 0.2) is 0 Å². The molecule has 0 radical (unpaired) electrons. The van der Waals surface area contributed by atoms with Crippen molar-refractivity contribution in [3.63, 3.8) is 0 Å². The zero-order valence-corrected chi connectivity index (χ0v) is 19.2. The molecule has 0 saturated carbocycles. The Kier molecular flexibility index (Phi) is 8.36. The molecule has 0 aromatic heterocycles. The summed E-state index contributed by atoms with van der Waals surface area (Å²) in [5.74, 6) is 1.84. The van der Waals surface area contributed by atoms with Crippen LogP contribution in [0.15, 0.2) is 98.1 Å². The first-order valence-electron chi connectivity index (χ1n) is 10.7. The Morgan fingerprint density at radius 2 is 0.853 bits per heavy atom. The summed E-state index contributed by atoms with van der Waals surface area (Å²) in [5, 5.41) is 0. The third-order valence-electron chi connectivity index (χ3n) is 4.99. The third kappa shape index (κ3) is 6.91. The Morgan fingerprint density at radius 1 is 0.529 bits per heavy atom. The molecule has 0 fully saturated rings. The molecule has 4 aromatic rings. The molecular formula is C30H26F2O2. The lowest BCUT2D eigenvalue weighted by atomic mass is 10.2. The molecule has 0 atom stereocenters. The molecule has 0 aliphatic carbocycles. The SMILES string of the molecule is C=Cc1ccc(Oc2ccc(C)c(F)c2)cc1.C=Cc1ccc(Oc2ccc(C)c(F)c2)cc1. The lowest BCUT2D eigenvalue weighted by molar-refractivity contribution is 0.475. The molecule has 0 aliphatic heterocycles. The summed E-state index contributed by atoms with van der Waals surface area (Å²) in [6.45, 7) is 10.8. The van der Waals surface area contributed by atoms with Gasteiger partial charge in [-0.05, 0) is 72.5 Å². The van der Waals surface area contributed by atoms with Gasteiger partial charge in [0, 0.05) is 12.1 Å². The van der Waals surface area contributed by atoms with E-state index in [2.05, 4.69) is 13.2 Å². The summed E-state index contributed by atoms with van der Waals surface area (Å²) in [7, 11) is 0. The van der Waals surface area contributed by atoms with E-state index < -0.39 is 0 Å². The van der Waals surface area contributed by atoms with E-state index in [0.717, 1.165) is 11.1 Å². The second kappa shape index (κ2) is 11.6. The summed E-state index contributed by atoms with van der Waals surface area (Å²) in [4.78, 5) is 0. The highest BCUT2D eigenvalue weighted by Gasteiger charge is 2.02. The average Bonchev–Trinajstić information content (AvgIpc) is 2.85. The first-order chi connectivity index (χ1) is 16.4. The van der Waals surface area contributed by atoms with Gasteiger partial charge < -0.3 is 9.47 Å². The van der Waals surface area contributed by atoms with Crippen LogP contribution in [0.3, 0.4) is 0 Å². The molecule has 0 saturated heterocycles. The van der Waals surface area contributed by atoms with Crippen LogP contribution in [0.4, 0.5) is 8.78 Å². The molecular weight excluding hydrogens is 430 g/mol. The van der Waals surface area contributed by atoms with Crippen LogP contribution in [0, 0.1) is 25.5 Å². The lowest BCUT2D eigenvalue weighted by Gasteiger charge is -2.06. The number of hydrogen-bond acceptors (Lipinski definition) is 2. The number of hydrogen-bond donors (Lipinski definition) is 0. The zero-order chi connectivity index (χ0) is 24.5. The minimum atomic E-state index is -0.259. The van der Waals surface area contributed by atoms with Crippen molar-refractivity contribution in [2.24, 2.45) is 0 Å². The maximum Gasteiger partial charge on any atom is 0.130 e. The second-order valence-corrected chi connectivity index (χ2v) is 7.57. The molecule has 2 nitrogen and oxygen atoms in total. The Labute approximate surface area is 199 Å². The van der Waals surface area contributed by atoms with Gasteiger partial charge in [0.1, 0.15) is 34.6 Å². The minimum absolute atomic E-state index is 0.259. The highest BCUT2D eigenvalue weighted by atomic mass is 19.1. The van der Waals surface area contributed by atoms with Gasteiger partial charge in [-0.2, -0.15) is 0 Å². The van der Waals surface area contributed by atoms with Crippen LogP contribution in [0.2, 0.25) is 0 Å². The van der Waals surface area contributed by atoms with Gasteiger partial charge in [0.2, 0.25) is 0 Å². The van der Waals surface area contributed by atoms with E-state index in [4.69, 9.17) is 9.47 Å². The largest absolute Gasteiger partial charge is 0.457 e. The van der Waals surface area contributed by atoms with Crippen molar-refractivity contribution in [2.45, 2.75) is 13.8 Å². The average molecular weight is 457 g/mol. The fraction of sp³-hybridized carbons (Fsp3) is 0.0667. The van der Waals surface area contributed by atoms with Crippen molar-refractivity contribution in [2.75, 3.05) is 0 Å². The van der Waals surface area contributed by atoms with Crippen molar-refractivity contribution in [3.05, 3.63) is 132 Å². The monoisotopic (exact) mass is 456 g/mol. The molecule has 0 heterocycles. The number of halogens is 2. The van der Waals surface area contributed by atoms with Crippen LogP contribution in [0.1, 0.15) is 22.3 Å². The number of aryl methyl sites for hydroxylation is 2. The van der Waals surface area contributed by atoms with Crippen molar-refractivity contribution in [1.29, 1.82) is 0 Å². The van der Waals surface area contributed by atoms with Gasteiger partial charge in [-0.3, -0.25) is 0 Å². The molecule has 0 unspecified atom stereocenters. The van der Waals surface area contributed by atoms with Crippen molar-refractivity contribution in [1.82, 2.24) is 0 Å².